The molecule has 2 amide bonds. The lowest BCUT2D eigenvalue weighted by Crippen LogP contribution is -2.52. The summed E-state index contributed by atoms with van der Waals surface area (Å²) in [5.74, 6) is -1.99. The van der Waals surface area contributed by atoms with E-state index in [1.54, 1.807) is 36.5 Å². The Labute approximate surface area is 218 Å². The molecule has 1 N–H and O–H groups in total. The number of fused-ring (bicyclic) bond motifs is 2. The topological polar surface area (TPSA) is 97.8 Å². The number of amides is 2. The number of ether oxygens (including phenoxy) is 2. The highest BCUT2D eigenvalue weighted by atomic mass is 19.1. The van der Waals surface area contributed by atoms with Crippen LogP contribution in [0.2, 0.25) is 0 Å². The molecule has 1 atom stereocenters. The van der Waals surface area contributed by atoms with Crippen LogP contribution >= 0.6 is 0 Å². The maximum atomic E-state index is 15.0. The summed E-state index contributed by atoms with van der Waals surface area (Å²) in [6.45, 7) is 0. The number of halogens is 1. The number of pyridine rings is 1. The Bertz CT molecular complexity index is 1570. The molecule has 2 heterocycles. The van der Waals surface area contributed by atoms with Crippen molar-refractivity contribution in [1.29, 1.82) is 0 Å². The highest BCUT2D eigenvalue weighted by Crippen LogP contribution is 2.48. The molecule has 0 fully saturated rings. The second-order valence-electron chi connectivity index (χ2n) is 8.83. The van der Waals surface area contributed by atoms with E-state index in [4.69, 9.17) is 9.47 Å². The number of anilines is 2. The average Bonchev–Trinajstić information content (AvgIpc) is 3.18. The fourth-order valence-corrected chi connectivity index (χ4v) is 4.75. The third-order valence-electron chi connectivity index (χ3n) is 6.69. The lowest BCUT2D eigenvalue weighted by molar-refractivity contribution is -0.141. The highest BCUT2D eigenvalue weighted by molar-refractivity contribution is 6.15. The highest BCUT2D eigenvalue weighted by Gasteiger charge is 2.53. The van der Waals surface area contributed by atoms with Crippen LogP contribution in [-0.4, -0.2) is 37.0 Å². The minimum Gasteiger partial charge on any atom is -0.497 e. The molecule has 0 radical (unpaired) electrons. The Kier molecular flexibility index (Phi) is 6.50. The van der Waals surface area contributed by atoms with Crippen molar-refractivity contribution in [2.24, 2.45) is 0 Å². The van der Waals surface area contributed by atoms with Gasteiger partial charge in [0.1, 0.15) is 22.8 Å². The van der Waals surface area contributed by atoms with Crippen LogP contribution in [0, 0.1) is 5.82 Å². The Morgan fingerprint density at radius 2 is 1.71 bits per heavy atom. The van der Waals surface area contributed by atoms with E-state index in [1.807, 2.05) is 24.3 Å². The van der Waals surface area contributed by atoms with Gasteiger partial charge in [-0.2, -0.15) is 0 Å². The van der Waals surface area contributed by atoms with Crippen molar-refractivity contribution in [3.63, 3.8) is 0 Å². The lowest BCUT2D eigenvalue weighted by atomic mass is 9.86. The molecule has 1 aliphatic heterocycles. The van der Waals surface area contributed by atoms with Gasteiger partial charge in [-0.25, -0.2) is 4.39 Å². The predicted octanol–water partition coefficient (Wildman–Crippen LogP) is 4.64. The minimum absolute atomic E-state index is 0.00465. The molecule has 9 heteroatoms. The van der Waals surface area contributed by atoms with Crippen molar-refractivity contribution in [3.05, 3.63) is 96.1 Å². The first kappa shape index (κ1) is 24.9. The number of nitrogens with zero attached hydrogens (tertiary/aromatic N) is 2. The Morgan fingerprint density at radius 3 is 2.45 bits per heavy atom. The smallest absolute Gasteiger partial charge is 0.305 e. The normalized spacial score (nSPS) is 16.3. The molecule has 5 rings (SSSR count). The molecular formula is C29H24FN3O5. The SMILES string of the molecule is COC(=O)CCC1(NC(=O)c2cc3ccccc3cn2)C(=O)N(c2ccccc2F)c2cc(OC)ccc21. The van der Waals surface area contributed by atoms with Gasteiger partial charge in [0.15, 0.2) is 0 Å². The van der Waals surface area contributed by atoms with E-state index in [0.717, 1.165) is 10.8 Å². The van der Waals surface area contributed by atoms with Gasteiger partial charge in [-0.1, -0.05) is 42.5 Å². The molecule has 0 saturated carbocycles. The maximum absolute atomic E-state index is 15.0. The molecule has 8 nitrogen and oxygen atoms in total. The van der Waals surface area contributed by atoms with Gasteiger partial charge < -0.3 is 14.8 Å². The van der Waals surface area contributed by atoms with Gasteiger partial charge >= 0.3 is 5.97 Å². The van der Waals surface area contributed by atoms with E-state index in [1.165, 1.54) is 37.3 Å². The summed E-state index contributed by atoms with van der Waals surface area (Å²) in [5, 5.41) is 4.50. The van der Waals surface area contributed by atoms with Gasteiger partial charge in [0, 0.05) is 29.6 Å². The van der Waals surface area contributed by atoms with Crippen LogP contribution in [0.4, 0.5) is 15.8 Å². The molecule has 4 aromatic rings. The van der Waals surface area contributed by atoms with E-state index >= 15 is 0 Å². The first-order valence-corrected chi connectivity index (χ1v) is 11.9. The van der Waals surface area contributed by atoms with Gasteiger partial charge in [-0.15, -0.1) is 0 Å². The first-order chi connectivity index (χ1) is 18.4. The number of carbonyl (C=O) groups is 3. The Balaban J connectivity index is 1.65. The summed E-state index contributed by atoms with van der Waals surface area (Å²) in [6.07, 6.45) is 1.28. The number of nitrogens with one attached hydrogen (secondary N) is 1. The summed E-state index contributed by atoms with van der Waals surface area (Å²) in [4.78, 5) is 45.5. The third kappa shape index (κ3) is 4.21. The van der Waals surface area contributed by atoms with Crippen molar-refractivity contribution < 1.29 is 28.2 Å². The number of aromatic nitrogens is 1. The molecule has 192 valence electrons. The predicted molar refractivity (Wildman–Crippen MR) is 139 cm³/mol. The molecule has 0 bridgehead atoms. The van der Waals surface area contributed by atoms with E-state index in [0.29, 0.717) is 17.0 Å². The van der Waals surface area contributed by atoms with Crippen molar-refractivity contribution in [3.8, 4) is 5.75 Å². The van der Waals surface area contributed by atoms with Crippen molar-refractivity contribution >= 4 is 39.9 Å². The molecule has 0 spiro atoms. The average molecular weight is 514 g/mol. The number of para-hydroxylation sites is 1. The zero-order valence-corrected chi connectivity index (χ0v) is 20.7. The molecule has 1 aliphatic rings. The summed E-state index contributed by atoms with van der Waals surface area (Å²) < 4.78 is 25.2. The second kappa shape index (κ2) is 9.93. The number of carbonyl (C=O) groups excluding carboxylic acids is 3. The number of methoxy groups -OCH3 is 2. The number of benzene rings is 3. The monoisotopic (exact) mass is 513 g/mol. The molecule has 0 saturated heterocycles. The van der Waals surface area contributed by atoms with Crippen LogP contribution < -0.4 is 15.0 Å². The fraction of sp³-hybridized carbons (Fsp3) is 0.172. The third-order valence-corrected chi connectivity index (χ3v) is 6.69. The van der Waals surface area contributed by atoms with Crippen LogP contribution in [0.25, 0.3) is 10.8 Å². The number of rotatable bonds is 7. The first-order valence-electron chi connectivity index (χ1n) is 11.9. The molecule has 0 aliphatic carbocycles. The van der Waals surface area contributed by atoms with Gasteiger partial charge in [0.2, 0.25) is 0 Å². The molecular weight excluding hydrogens is 489 g/mol. The molecule has 38 heavy (non-hydrogen) atoms. The van der Waals surface area contributed by atoms with Crippen LogP contribution in [0.3, 0.4) is 0 Å². The summed E-state index contributed by atoms with van der Waals surface area (Å²) >= 11 is 0. The fourth-order valence-electron chi connectivity index (χ4n) is 4.75. The maximum Gasteiger partial charge on any atom is 0.305 e. The standard InChI is InChI=1S/C29H24FN3O5/c1-37-20-11-12-21-25(16-20)33(24-10-6-5-9-22(24)30)28(36)29(21,14-13-26(34)38-2)32-27(35)23-15-18-7-3-4-8-19(18)17-31-23/h3-12,15-17H,13-14H2,1-2H3,(H,32,35). The van der Waals surface area contributed by atoms with Crippen LogP contribution in [-0.2, 0) is 19.9 Å². The van der Waals surface area contributed by atoms with Crippen molar-refractivity contribution in [2.75, 3.05) is 19.1 Å². The summed E-state index contributed by atoms with van der Waals surface area (Å²) in [6, 6.07) is 19.8. The van der Waals surface area contributed by atoms with Crippen LogP contribution in [0.1, 0.15) is 28.9 Å². The molecule has 1 unspecified atom stereocenters. The van der Waals surface area contributed by atoms with Gasteiger partial charge in [-0.3, -0.25) is 24.3 Å². The zero-order chi connectivity index (χ0) is 26.9. The summed E-state index contributed by atoms with van der Waals surface area (Å²) in [5.41, 5.74) is -0.887. The lowest BCUT2D eigenvalue weighted by Gasteiger charge is -2.30. The van der Waals surface area contributed by atoms with E-state index < -0.39 is 29.1 Å². The zero-order valence-electron chi connectivity index (χ0n) is 20.7. The van der Waals surface area contributed by atoms with Crippen LogP contribution in [0.15, 0.2) is 79.0 Å². The van der Waals surface area contributed by atoms with Crippen LogP contribution in [0.5, 0.6) is 5.75 Å². The largest absolute Gasteiger partial charge is 0.497 e. The van der Waals surface area contributed by atoms with E-state index in [9.17, 15) is 18.8 Å². The second-order valence-corrected chi connectivity index (χ2v) is 8.83. The minimum atomic E-state index is -1.71. The van der Waals surface area contributed by atoms with Crippen molar-refractivity contribution in [2.45, 2.75) is 18.4 Å². The van der Waals surface area contributed by atoms with Gasteiger partial charge in [-0.05, 0) is 36.1 Å². The Hall–Kier alpha value is -4.79. The summed E-state index contributed by atoms with van der Waals surface area (Å²) in [7, 11) is 2.72. The molecule has 3 aromatic carbocycles. The van der Waals surface area contributed by atoms with Crippen molar-refractivity contribution in [1.82, 2.24) is 10.3 Å². The number of hydrogen-bond donors (Lipinski definition) is 1. The van der Waals surface area contributed by atoms with E-state index in [2.05, 4.69) is 10.3 Å². The Morgan fingerprint density at radius 1 is 0.974 bits per heavy atom. The van der Waals surface area contributed by atoms with Gasteiger partial charge in [0.25, 0.3) is 11.8 Å². The quantitative estimate of drug-likeness (QED) is 0.362. The number of esters is 1. The molecule has 1 aromatic heterocycles. The van der Waals surface area contributed by atoms with E-state index in [-0.39, 0.29) is 24.2 Å². The van der Waals surface area contributed by atoms with Gasteiger partial charge in [0.05, 0.1) is 25.6 Å². The number of hydrogen-bond acceptors (Lipinski definition) is 6.